The molecule has 1 aliphatic heterocycles. The first-order valence-corrected chi connectivity index (χ1v) is 10.4. The maximum atomic E-state index is 13.1. The zero-order valence-electron chi connectivity index (χ0n) is 16.9. The first kappa shape index (κ1) is 21.3. The van der Waals surface area contributed by atoms with E-state index in [2.05, 4.69) is 10.3 Å². The number of carbonyl (C=O) groups is 2. The Bertz CT molecular complexity index is 836. The first-order chi connectivity index (χ1) is 14.0. The number of quaternary nitrogens is 1. The molecule has 1 aromatic heterocycles. The fourth-order valence-corrected chi connectivity index (χ4v) is 3.81. The molecule has 0 unspecified atom stereocenters. The zero-order chi connectivity index (χ0) is 20.8. The van der Waals surface area contributed by atoms with Gasteiger partial charge in [0.2, 0.25) is 5.91 Å². The van der Waals surface area contributed by atoms with Crippen molar-refractivity contribution in [3.05, 3.63) is 64.9 Å². The number of hydrogen-bond acceptors (Lipinski definition) is 3. The van der Waals surface area contributed by atoms with Crippen LogP contribution < -0.4 is 10.2 Å². The number of nitrogens with zero attached hydrogens (tertiary/aromatic N) is 2. The van der Waals surface area contributed by atoms with Gasteiger partial charge >= 0.3 is 0 Å². The maximum Gasteiger partial charge on any atom is 0.253 e. The second kappa shape index (κ2) is 9.85. The molecule has 2 heterocycles. The van der Waals surface area contributed by atoms with E-state index in [0.29, 0.717) is 23.7 Å². The zero-order valence-corrected chi connectivity index (χ0v) is 17.7. The number of carbonyl (C=O) groups excluding carboxylic acids is 2. The first-order valence-electron chi connectivity index (χ1n) is 10.0. The van der Waals surface area contributed by atoms with Crippen LogP contribution >= 0.6 is 11.6 Å². The molecule has 0 bridgehead atoms. The predicted molar refractivity (Wildman–Crippen MR) is 113 cm³/mol. The summed E-state index contributed by atoms with van der Waals surface area (Å²) in [5, 5.41) is 3.28. The average molecular weight is 416 g/mol. The van der Waals surface area contributed by atoms with Gasteiger partial charge in [0.1, 0.15) is 12.6 Å². The number of piperazine rings is 1. The average Bonchev–Trinajstić information content (AvgIpc) is 2.73. The van der Waals surface area contributed by atoms with Gasteiger partial charge < -0.3 is 15.1 Å². The number of halogens is 1. The van der Waals surface area contributed by atoms with E-state index in [-0.39, 0.29) is 17.7 Å². The summed E-state index contributed by atoms with van der Waals surface area (Å²) in [4.78, 5) is 33.1. The van der Waals surface area contributed by atoms with Gasteiger partial charge in [0.15, 0.2) is 0 Å². The minimum atomic E-state index is -0.569. The minimum Gasteiger partial charge on any atom is -0.340 e. The summed E-state index contributed by atoms with van der Waals surface area (Å²) in [7, 11) is 0. The number of benzene rings is 1. The van der Waals surface area contributed by atoms with Gasteiger partial charge in [0.25, 0.3) is 5.91 Å². The van der Waals surface area contributed by atoms with Crippen LogP contribution in [0.1, 0.15) is 29.8 Å². The SMILES string of the molecule is CC(C)[C@H](NC(=O)c1ccccc1Cl)C(=O)N1CC[NH+](Cc2ccncc2)CC1. The number of rotatable bonds is 6. The van der Waals surface area contributed by atoms with Crippen molar-refractivity contribution in [1.29, 1.82) is 0 Å². The van der Waals surface area contributed by atoms with Crippen molar-refractivity contribution in [1.82, 2.24) is 15.2 Å². The van der Waals surface area contributed by atoms with E-state index >= 15 is 0 Å². The third-order valence-corrected chi connectivity index (χ3v) is 5.65. The molecule has 29 heavy (non-hydrogen) atoms. The Morgan fingerprint density at radius 1 is 1.14 bits per heavy atom. The van der Waals surface area contributed by atoms with Crippen LogP contribution in [0.3, 0.4) is 0 Å². The monoisotopic (exact) mass is 415 g/mol. The summed E-state index contributed by atoms with van der Waals surface area (Å²) in [6, 6.07) is 10.4. The summed E-state index contributed by atoms with van der Waals surface area (Å²) in [6.07, 6.45) is 3.62. The maximum absolute atomic E-state index is 13.1. The van der Waals surface area contributed by atoms with Crippen molar-refractivity contribution in [2.24, 2.45) is 5.92 Å². The van der Waals surface area contributed by atoms with E-state index in [0.717, 1.165) is 19.6 Å². The normalized spacial score (nSPS) is 15.9. The van der Waals surface area contributed by atoms with Crippen LogP contribution in [0.2, 0.25) is 5.02 Å². The molecule has 1 aromatic carbocycles. The van der Waals surface area contributed by atoms with Crippen molar-refractivity contribution in [2.75, 3.05) is 26.2 Å². The Kier molecular flexibility index (Phi) is 7.23. The lowest BCUT2D eigenvalue weighted by Crippen LogP contribution is -3.13. The van der Waals surface area contributed by atoms with Crippen LogP contribution in [0, 0.1) is 5.92 Å². The smallest absolute Gasteiger partial charge is 0.253 e. The van der Waals surface area contributed by atoms with Gasteiger partial charge in [0.05, 0.1) is 36.8 Å². The molecule has 6 nitrogen and oxygen atoms in total. The lowest BCUT2D eigenvalue weighted by Gasteiger charge is -2.35. The highest BCUT2D eigenvalue weighted by Gasteiger charge is 2.32. The van der Waals surface area contributed by atoms with E-state index in [1.807, 2.05) is 43.3 Å². The Balaban J connectivity index is 1.58. The highest BCUT2D eigenvalue weighted by Crippen LogP contribution is 2.16. The molecule has 0 saturated carbocycles. The lowest BCUT2D eigenvalue weighted by atomic mass is 10.0. The van der Waals surface area contributed by atoms with E-state index in [9.17, 15) is 9.59 Å². The number of aromatic nitrogens is 1. The highest BCUT2D eigenvalue weighted by atomic mass is 35.5. The molecule has 2 aromatic rings. The van der Waals surface area contributed by atoms with Crippen LogP contribution in [0.25, 0.3) is 0 Å². The summed E-state index contributed by atoms with van der Waals surface area (Å²) < 4.78 is 0. The molecule has 0 aliphatic carbocycles. The molecule has 2 amide bonds. The summed E-state index contributed by atoms with van der Waals surface area (Å²) in [5.41, 5.74) is 1.64. The molecule has 7 heteroatoms. The van der Waals surface area contributed by atoms with Crippen molar-refractivity contribution in [3.8, 4) is 0 Å². The highest BCUT2D eigenvalue weighted by molar-refractivity contribution is 6.33. The second-order valence-electron chi connectivity index (χ2n) is 7.78. The summed E-state index contributed by atoms with van der Waals surface area (Å²) >= 11 is 6.13. The predicted octanol–water partition coefficient (Wildman–Crippen LogP) is 1.42. The molecular formula is C22H28ClN4O2+. The van der Waals surface area contributed by atoms with Crippen LogP contribution in [-0.4, -0.2) is 53.9 Å². The van der Waals surface area contributed by atoms with Crippen LogP contribution in [0.5, 0.6) is 0 Å². The van der Waals surface area contributed by atoms with E-state index in [4.69, 9.17) is 11.6 Å². The molecule has 1 atom stereocenters. The fraction of sp³-hybridized carbons (Fsp3) is 0.409. The van der Waals surface area contributed by atoms with Crippen LogP contribution in [-0.2, 0) is 11.3 Å². The van der Waals surface area contributed by atoms with Crippen molar-refractivity contribution < 1.29 is 14.5 Å². The third-order valence-electron chi connectivity index (χ3n) is 5.32. The number of nitrogens with one attached hydrogen (secondary N) is 2. The number of pyridine rings is 1. The van der Waals surface area contributed by atoms with Gasteiger partial charge in [0, 0.05) is 18.0 Å². The van der Waals surface area contributed by atoms with Crippen molar-refractivity contribution in [2.45, 2.75) is 26.4 Å². The summed E-state index contributed by atoms with van der Waals surface area (Å²) in [6.45, 7) is 7.96. The molecule has 2 N–H and O–H groups in total. The van der Waals surface area contributed by atoms with Gasteiger partial charge in [-0.15, -0.1) is 0 Å². The Morgan fingerprint density at radius 2 is 1.79 bits per heavy atom. The van der Waals surface area contributed by atoms with Gasteiger partial charge in [-0.25, -0.2) is 0 Å². The topological polar surface area (TPSA) is 66.7 Å². The Hall–Kier alpha value is -2.44. The molecule has 1 aliphatic rings. The standard InChI is InChI=1S/C22H27ClN4O2/c1-16(2)20(25-21(28)18-5-3-4-6-19(18)23)22(29)27-13-11-26(12-14-27)15-17-7-9-24-10-8-17/h3-10,16,20H,11-15H2,1-2H3,(H,25,28)/p+1/t20-/m0/s1. The number of hydrogen-bond donors (Lipinski definition) is 2. The van der Waals surface area contributed by atoms with E-state index in [1.54, 1.807) is 24.3 Å². The van der Waals surface area contributed by atoms with Gasteiger partial charge in [-0.1, -0.05) is 37.6 Å². The van der Waals surface area contributed by atoms with Crippen molar-refractivity contribution in [3.63, 3.8) is 0 Å². The van der Waals surface area contributed by atoms with E-state index in [1.165, 1.54) is 10.5 Å². The lowest BCUT2D eigenvalue weighted by molar-refractivity contribution is -0.917. The number of amides is 2. The Morgan fingerprint density at radius 3 is 2.41 bits per heavy atom. The molecule has 154 valence electrons. The Labute approximate surface area is 176 Å². The molecule has 1 saturated heterocycles. The molecule has 0 spiro atoms. The molecular weight excluding hydrogens is 388 g/mol. The molecule has 1 fully saturated rings. The van der Waals surface area contributed by atoms with E-state index < -0.39 is 6.04 Å². The molecule has 3 rings (SSSR count). The van der Waals surface area contributed by atoms with Crippen molar-refractivity contribution >= 4 is 23.4 Å². The minimum absolute atomic E-state index is 0.0175. The van der Waals surface area contributed by atoms with Gasteiger partial charge in [-0.2, -0.15) is 0 Å². The second-order valence-corrected chi connectivity index (χ2v) is 8.19. The van der Waals surface area contributed by atoms with Gasteiger partial charge in [-0.3, -0.25) is 14.6 Å². The van der Waals surface area contributed by atoms with Crippen LogP contribution in [0.15, 0.2) is 48.8 Å². The fourth-order valence-electron chi connectivity index (χ4n) is 3.58. The van der Waals surface area contributed by atoms with Crippen LogP contribution in [0.4, 0.5) is 0 Å². The quantitative estimate of drug-likeness (QED) is 0.749. The largest absolute Gasteiger partial charge is 0.340 e. The third kappa shape index (κ3) is 5.55. The molecule has 0 radical (unpaired) electrons. The summed E-state index contributed by atoms with van der Waals surface area (Å²) in [5.74, 6) is -0.357. The van der Waals surface area contributed by atoms with Gasteiger partial charge in [-0.05, 0) is 30.2 Å².